The Balaban J connectivity index is 1.71. The van der Waals surface area contributed by atoms with Crippen LogP contribution in [0.2, 0.25) is 0 Å². The zero-order valence-corrected chi connectivity index (χ0v) is 13.0. The Labute approximate surface area is 127 Å². The Kier molecular flexibility index (Phi) is 6.92. The molecular weight excluding hydrogens is 262 g/mol. The SMILES string of the molecule is CCNC(=NCCc1ccco1)NCCC1=CCCCC1. The van der Waals surface area contributed by atoms with Gasteiger partial charge in [-0.25, -0.2) is 0 Å². The van der Waals surface area contributed by atoms with E-state index in [0.717, 1.165) is 44.2 Å². The van der Waals surface area contributed by atoms with Gasteiger partial charge in [-0.2, -0.15) is 0 Å². The van der Waals surface area contributed by atoms with E-state index < -0.39 is 0 Å². The summed E-state index contributed by atoms with van der Waals surface area (Å²) in [6.07, 6.45) is 11.3. The first kappa shape index (κ1) is 15.7. The molecule has 1 aliphatic rings. The Morgan fingerprint density at radius 3 is 2.95 bits per heavy atom. The molecule has 1 aliphatic carbocycles. The summed E-state index contributed by atoms with van der Waals surface area (Å²) >= 11 is 0. The number of guanidine groups is 1. The first-order valence-electron chi connectivity index (χ1n) is 8.11. The van der Waals surface area contributed by atoms with Gasteiger partial charge in [-0.3, -0.25) is 4.99 Å². The van der Waals surface area contributed by atoms with Crippen LogP contribution in [-0.2, 0) is 6.42 Å². The third kappa shape index (κ3) is 6.06. The largest absolute Gasteiger partial charge is 0.469 e. The van der Waals surface area contributed by atoms with Crippen molar-refractivity contribution >= 4 is 5.96 Å². The number of rotatable bonds is 7. The van der Waals surface area contributed by atoms with Gasteiger partial charge < -0.3 is 15.1 Å². The van der Waals surface area contributed by atoms with Gasteiger partial charge in [-0.1, -0.05) is 11.6 Å². The van der Waals surface area contributed by atoms with Crippen LogP contribution in [-0.4, -0.2) is 25.6 Å². The molecule has 0 radical (unpaired) electrons. The van der Waals surface area contributed by atoms with Gasteiger partial charge in [-0.15, -0.1) is 0 Å². The number of hydrogen-bond acceptors (Lipinski definition) is 2. The molecule has 0 fully saturated rings. The van der Waals surface area contributed by atoms with Gasteiger partial charge in [0.25, 0.3) is 0 Å². The summed E-state index contributed by atoms with van der Waals surface area (Å²) in [5.74, 6) is 1.89. The van der Waals surface area contributed by atoms with Crippen LogP contribution < -0.4 is 10.6 Å². The summed E-state index contributed by atoms with van der Waals surface area (Å²) in [6.45, 7) is 4.67. The topological polar surface area (TPSA) is 49.6 Å². The van der Waals surface area contributed by atoms with Gasteiger partial charge in [0.15, 0.2) is 5.96 Å². The van der Waals surface area contributed by atoms with E-state index in [-0.39, 0.29) is 0 Å². The predicted octanol–water partition coefficient (Wildman–Crippen LogP) is 3.27. The van der Waals surface area contributed by atoms with E-state index in [1.807, 2.05) is 12.1 Å². The van der Waals surface area contributed by atoms with E-state index in [2.05, 4.69) is 28.6 Å². The van der Waals surface area contributed by atoms with E-state index in [4.69, 9.17) is 4.42 Å². The maximum atomic E-state index is 5.32. The molecule has 0 saturated carbocycles. The summed E-state index contributed by atoms with van der Waals surface area (Å²) < 4.78 is 5.32. The average Bonchev–Trinajstić information content (AvgIpc) is 3.02. The second-order valence-electron chi connectivity index (χ2n) is 5.37. The highest BCUT2D eigenvalue weighted by Crippen LogP contribution is 2.19. The van der Waals surface area contributed by atoms with Crippen molar-refractivity contribution in [1.82, 2.24) is 10.6 Å². The van der Waals surface area contributed by atoms with Crippen molar-refractivity contribution < 1.29 is 4.42 Å². The minimum Gasteiger partial charge on any atom is -0.469 e. The normalized spacial score (nSPS) is 15.7. The molecule has 1 aromatic heterocycles. The monoisotopic (exact) mass is 289 g/mol. The van der Waals surface area contributed by atoms with Crippen LogP contribution in [0, 0.1) is 0 Å². The first-order chi connectivity index (χ1) is 10.4. The van der Waals surface area contributed by atoms with Crippen LogP contribution in [0.4, 0.5) is 0 Å². The maximum absolute atomic E-state index is 5.32. The molecule has 0 amide bonds. The Morgan fingerprint density at radius 1 is 1.29 bits per heavy atom. The number of allylic oxidation sites excluding steroid dienone is 1. The minimum absolute atomic E-state index is 0.742. The molecule has 0 aromatic carbocycles. The molecule has 0 atom stereocenters. The lowest BCUT2D eigenvalue weighted by atomic mass is 9.97. The quantitative estimate of drug-likeness (QED) is 0.460. The fourth-order valence-electron chi connectivity index (χ4n) is 2.55. The van der Waals surface area contributed by atoms with Gasteiger partial charge in [0.2, 0.25) is 0 Å². The highest BCUT2D eigenvalue weighted by molar-refractivity contribution is 5.79. The van der Waals surface area contributed by atoms with Gasteiger partial charge in [0, 0.05) is 26.1 Å². The molecule has 0 aliphatic heterocycles. The lowest BCUT2D eigenvalue weighted by Gasteiger charge is -2.15. The number of nitrogens with one attached hydrogen (secondary N) is 2. The number of furan rings is 1. The molecule has 21 heavy (non-hydrogen) atoms. The van der Waals surface area contributed by atoms with E-state index >= 15 is 0 Å². The smallest absolute Gasteiger partial charge is 0.191 e. The molecular formula is C17H27N3O. The molecule has 4 heteroatoms. The first-order valence-corrected chi connectivity index (χ1v) is 8.11. The minimum atomic E-state index is 0.742. The van der Waals surface area contributed by atoms with Crippen LogP contribution in [0.1, 0.15) is 44.8 Å². The molecule has 2 rings (SSSR count). The molecule has 4 nitrogen and oxygen atoms in total. The van der Waals surface area contributed by atoms with Gasteiger partial charge in [0.05, 0.1) is 6.26 Å². The number of nitrogens with zero attached hydrogens (tertiary/aromatic N) is 1. The average molecular weight is 289 g/mol. The summed E-state index contributed by atoms with van der Waals surface area (Å²) in [4.78, 5) is 4.59. The third-order valence-electron chi connectivity index (χ3n) is 3.68. The highest BCUT2D eigenvalue weighted by Gasteiger charge is 2.04. The Bertz CT molecular complexity index is 449. The van der Waals surface area contributed by atoms with Crippen molar-refractivity contribution in [1.29, 1.82) is 0 Å². The van der Waals surface area contributed by atoms with Gasteiger partial charge >= 0.3 is 0 Å². The standard InChI is InChI=1S/C17H27N3O/c1-2-18-17(20-13-11-16-9-6-14-21-16)19-12-10-15-7-4-3-5-8-15/h6-7,9,14H,2-5,8,10-13H2,1H3,(H2,18,19,20). The van der Waals surface area contributed by atoms with Crippen LogP contribution in [0.15, 0.2) is 39.5 Å². The summed E-state index contributed by atoms with van der Waals surface area (Å²) in [6, 6.07) is 3.91. The molecule has 116 valence electrons. The van der Waals surface area contributed by atoms with Crippen molar-refractivity contribution in [2.24, 2.45) is 4.99 Å². The van der Waals surface area contributed by atoms with Crippen molar-refractivity contribution in [3.63, 3.8) is 0 Å². The van der Waals surface area contributed by atoms with E-state index in [1.54, 1.807) is 11.8 Å². The lowest BCUT2D eigenvalue weighted by molar-refractivity contribution is 0.510. The zero-order chi connectivity index (χ0) is 14.8. The molecule has 0 bridgehead atoms. The summed E-state index contributed by atoms with van der Waals surface area (Å²) in [5, 5.41) is 6.70. The summed E-state index contributed by atoms with van der Waals surface area (Å²) in [7, 11) is 0. The predicted molar refractivity (Wildman–Crippen MR) is 87.6 cm³/mol. The maximum Gasteiger partial charge on any atom is 0.191 e. The fraction of sp³-hybridized carbons (Fsp3) is 0.588. The molecule has 1 aromatic rings. The van der Waals surface area contributed by atoms with E-state index in [9.17, 15) is 0 Å². The number of aliphatic imine (C=N–C) groups is 1. The zero-order valence-electron chi connectivity index (χ0n) is 13.0. The van der Waals surface area contributed by atoms with E-state index in [1.165, 1.54) is 25.7 Å². The lowest BCUT2D eigenvalue weighted by Crippen LogP contribution is -2.38. The second-order valence-corrected chi connectivity index (χ2v) is 5.37. The van der Waals surface area contributed by atoms with Crippen molar-refractivity contribution in [2.45, 2.75) is 45.4 Å². The fourth-order valence-corrected chi connectivity index (χ4v) is 2.55. The molecule has 0 spiro atoms. The van der Waals surface area contributed by atoms with Crippen LogP contribution >= 0.6 is 0 Å². The third-order valence-corrected chi connectivity index (χ3v) is 3.68. The molecule has 0 unspecified atom stereocenters. The molecule has 2 N–H and O–H groups in total. The molecule has 1 heterocycles. The number of hydrogen-bond donors (Lipinski definition) is 2. The van der Waals surface area contributed by atoms with Crippen molar-refractivity contribution in [2.75, 3.05) is 19.6 Å². The van der Waals surface area contributed by atoms with E-state index in [0.29, 0.717) is 0 Å². The van der Waals surface area contributed by atoms with Gasteiger partial charge in [-0.05, 0) is 51.2 Å². The van der Waals surface area contributed by atoms with Crippen molar-refractivity contribution in [3.05, 3.63) is 35.8 Å². The Hall–Kier alpha value is -1.71. The molecule has 0 saturated heterocycles. The van der Waals surface area contributed by atoms with Crippen LogP contribution in [0.5, 0.6) is 0 Å². The van der Waals surface area contributed by atoms with Crippen molar-refractivity contribution in [3.8, 4) is 0 Å². The van der Waals surface area contributed by atoms with Crippen LogP contribution in [0.25, 0.3) is 0 Å². The highest BCUT2D eigenvalue weighted by atomic mass is 16.3. The van der Waals surface area contributed by atoms with Gasteiger partial charge in [0.1, 0.15) is 5.76 Å². The summed E-state index contributed by atoms with van der Waals surface area (Å²) in [5.41, 5.74) is 1.60. The van der Waals surface area contributed by atoms with Crippen LogP contribution in [0.3, 0.4) is 0 Å². The Morgan fingerprint density at radius 2 is 2.24 bits per heavy atom. The second kappa shape index (κ2) is 9.27.